The van der Waals surface area contributed by atoms with Crippen LogP contribution in [0.1, 0.15) is 39.3 Å². The Balaban J connectivity index is 1.37. The number of hydrogen-bond acceptors (Lipinski definition) is 7. The molecule has 1 aromatic heterocycles. The van der Waals surface area contributed by atoms with Crippen molar-refractivity contribution in [2.24, 2.45) is 5.92 Å². The summed E-state index contributed by atoms with van der Waals surface area (Å²) in [6.07, 6.45) is 4.15. The van der Waals surface area contributed by atoms with Crippen LogP contribution in [0.3, 0.4) is 0 Å². The largest absolute Gasteiger partial charge is 0.493 e. The number of amides is 2. The first-order valence-electron chi connectivity index (χ1n) is 12.1. The van der Waals surface area contributed by atoms with Gasteiger partial charge in [-0.05, 0) is 42.9 Å². The third kappa shape index (κ3) is 6.49. The number of rotatable bonds is 9. The molecule has 1 aliphatic rings. The molecule has 0 unspecified atom stereocenters. The number of benzene rings is 2. The number of methoxy groups -OCH3 is 2. The number of likely N-dealkylation sites (tertiary alicyclic amines) is 1. The molecule has 1 fully saturated rings. The molecule has 0 radical (unpaired) electrons. The zero-order chi connectivity index (χ0) is 26.2. The van der Waals surface area contributed by atoms with Gasteiger partial charge >= 0.3 is 5.97 Å². The van der Waals surface area contributed by atoms with Crippen LogP contribution in [0, 0.1) is 5.92 Å². The maximum Gasteiger partial charge on any atom is 0.340 e. The zero-order valence-electron chi connectivity index (χ0n) is 20.9. The predicted molar refractivity (Wildman–Crippen MR) is 136 cm³/mol. The molecular formula is C28H30N2O7. The quantitative estimate of drug-likeness (QED) is 0.434. The van der Waals surface area contributed by atoms with Crippen LogP contribution in [0.5, 0.6) is 11.5 Å². The molecule has 0 saturated carbocycles. The molecule has 4 rings (SSSR count). The molecule has 9 heteroatoms. The summed E-state index contributed by atoms with van der Waals surface area (Å²) in [7, 11) is 2.87. The van der Waals surface area contributed by atoms with Crippen molar-refractivity contribution >= 4 is 23.5 Å². The van der Waals surface area contributed by atoms with Crippen LogP contribution in [0.25, 0.3) is 0 Å². The minimum atomic E-state index is -0.775. The molecule has 0 spiro atoms. The van der Waals surface area contributed by atoms with Gasteiger partial charge in [-0.1, -0.05) is 30.3 Å². The van der Waals surface area contributed by atoms with Gasteiger partial charge in [-0.15, -0.1) is 0 Å². The molecule has 1 saturated heterocycles. The van der Waals surface area contributed by atoms with E-state index in [1.807, 2.05) is 18.2 Å². The molecule has 9 nitrogen and oxygen atoms in total. The number of carbonyl (C=O) groups excluding carboxylic acids is 3. The SMILES string of the molecule is COc1cc(NC(=O)c2ccco2)c(C(=O)OCC(=O)N2CCC(Cc3ccccc3)CC2)cc1OC. The molecule has 2 aromatic carbocycles. The van der Waals surface area contributed by atoms with Crippen molar-refractivity contribution in [2.45, 2.75) is 19.3 Å². The highest BCUT2D eigenvalue weighted by Crippen LogP contribution is 2.34. The Labute approximate surface area is 215 Å². The van der Waals surface area contributed by atoms with E-state index in [1.54, 1.807) is 11.0 Å². The topological polar surface area (TPSA) is 107 Å². The van der Waals surface area contributed by atoms with Crippen LogP contribution in [-0.2, 0) is 16.0 Å². The van der Waals surface area contributed by atoms with Crippen LogP contribution in [0.15, 0.2) is 65.3 Å². The van der Waals surface area contributed by atoms with E-state index in [0.717, 1.165) is 19.3 Å². The van der Waals surface area contributed by atoms with Crippen molar-refractivity contribution in [1.29, 1.82) is 0 Å². The maximum atomic E-state index is 13.0. The van der Waals surface area contributed by atoms with E-state index in [9.17, 15) is 14.4 Å². The number of furan rings is 1. The van der Waals surface area contributed by atoms with E-state index >= 15 is 0 Å². The van der Waals surface area contributed by atoms with Crippen molar-refractivity contribution in [3.8, 4) is 11.5 Å². The number of nitrogens with zero attached hydrogens (tertiary/aromatic N) is 1. The first-order valence-corrected chi connectivity index (χ1v) is 12.1. The summed E-state index contributed by atoms with van der Waals surface area (Å²) in [5.41, 5.74) is 1.45. The molecule has 2 heterocycles. The van der Waals surface area contributed by atoms with Crippen LogP contribution in [-0.4, -0.2) is 56.6 Å². The number of esters is 1. The second-order valence-electron chi connectivity index (χ2n) is 8.77. The number of anilines is 1. The van der Waals surface area contributed by atoms with Crippen molar-refractivity contribution < 1.29 is 33.0 Å². The Bertz CT molecular complexity index is 1220. The van der Waals surface area contributed by atoms with Crippen LogP contribution in [0.2, 0.25) is 0 Å². The summed E-state index contributed by atoms with van der Waals surface area (Å²) in [6, 6.07) is 16.2. The molecular weight excluding hydrogens is 476 g/mol. The van der Waals surface area contributed by atoms with Crippen LogP contribution >= 0.6 is 0 Å². The van der Waals surface area contributed by atoms with E-state index in [-0.39, 0.29) is 28.7 Å². The third-order valence-corrected chi connectivity index (χ3v) is 6.40. The summed E-state index contributed by atoms with van der Waals surface area (Å²) in [6.45, 7) is 0.839. The normalized spacial score (nSPS) is 13.6. The summed E-state index contributed by atoms with van der Waals surface area (Å²) in [5, 5.41) is 2.63. The second kappa shape index (κ2) is 12.1. The van der Waals surface area contributed by atoms with Crippen molar-refractivity contribution in [3.63, 3.8) is 0 Å². The van der Waals surface area contributed by atoms with Gasteiger partial charge in [0.2, 0.25) is 0 Å². The van der Waals surface area contributed by atoms with Gasteiger partial charge in [0.1, 0.15) is 0 Å². The molecule has 1 aliphatic heterocycles. The molecule has 194 valence electrons. The minimum absolute atomic E-state index is 0.0203. The highest BCUT2D eigenvalue weighted by molar-refractivity contribution is 6.07. The molecule has 37 heavy (non-hydrogen) atoms. The van der Waals surface area contributed by atoms with Gasteiger partial charge in [-0.25, -0.2) is 4.79 Å². The number of carbonyl (C=O) groups is 3. The van der Waals surface area contributed by atoms with Gasteiger partial charge in [0.25, 0.3) is 11.8 Å². The lowest BCUT2D eigenvalue weighted by molar-refractivity contribution is -0.135. The summed E-state index contributed by atoms with van der Waals surface area (Å²) in [4.78, 5) is 40.0. The Hall–Kier alpha value is -4.27. The van der Waals surface area contributed by atoms with Gasteiger partial charge < -0.3 is 28.8 Å². The third-order valence-electron chi connectivity index (χ3n) is 6.40. The fourth-order valence-corrected chi connectivity index (χ4v) is 4.37. The van der Waals surface area contributed by atoms with Crippen molar-refractivity contribution in [1.82, 2.24) is 4.90 Å². The summed E-state index contributed by atoms with van der Waals surface area (Å²) in [5.74, 6) is -0.418. The molecule has 0 aliphatic carbocycles. The van der Waals surface area contributed by atoms with Gasteiger partial charge in [0, 0.05) is 25.2 Å². The maximum absolute atomic E-state index is 13.0. The molecule has 3 aromatic rings. The van der Waals surface area contributed by atoms with Crippen LogP contribution in [0.4, 0.5) is 5.69 Å². The molecule has 2 amide bonds. The lowest BCUT2D eigenvalue weighted by Gasteiger charge is -2.32. The van der Waals surface area contributed by atoms with Gasteiger partial charge in [0.15, 0.2) is 23.9 Å². The van der Waals surface area contributed by atoms with E-state index in [0.29, 0.717) is 24.8 Å². The predicted octanol–water partition coefficient (Wildman–Crippen LogP) is 4.19. The number of nitrogens with one attached hydrogen (secondary N) is 1. The van der Waals surface area contributed by atoms with E-state index < -0.39 is 18.5 Å². The zero-order valence-corrected chi connectivity index (χ0v) is 20.9. The van der Waals surface area contributed by atoms with E-state index in [1.165, 1.54) is 44.2 Å². The number of piperidine rings is 1. The fraction of sp³-hybridized carbons (Fsp3) is 0.321. The lowest BCUT2D eigenvalue weighted by atomic mass is 9.90. The highest BCUT2D eigenvalue weighted by Gasteiger charge is 2.25. The van der Waals surface area contributed by atoms with E-state index in [2.05, 4.69) is 17.4 Å². The Morgan fingerprint density at radius 1 is 0.973 bits per heavy atom. The first kappa shape index (κ1) is 25.8. The summed E-state index contributed by atoms with van der Waals surface area (Å²) < 4.78 is 21.1. The number of hydrogen-bond donors (Lipinski definition) is 1. The second-order valence-corrected chi connectivity index (χ2v) is 8.77. The fourth-order valence-electron chi connectivity index (χ4n) is 4.37. The van der Waals surface area contributed by atoms with E-state index in [4.69, 9.17) is 18.6 Å². The average Bonchev–Trinajstić information content (AvgIpc) is 3.48. The Morgan fingerprint density at radius 2 is 1.68 bits per heavy atom. The van der Waals surface area contributed by atoms with Gasteiger partial charge in [-0.3, -0.25) is 9.59 Å². The number of ether oxygens (including phenoxy) is 3. The monoisotopic (exact) mass is 506 g/mol. The highest BCUT2D eigenvalue weighted by atomic mass is 16.5. The van der Waals surface area contributed by atoms with Gasteiger partial charge in [0.05, 0.1) is 31.7 Å². The van der Waals surface area contributed by atoms with Crippen molar-refractivity contribution in [3.05, 3.63) is 77.7 Å². The molecule has 1 N–H and O–H groups in total. The lowest BCUT2D eigenvalue weighted by Crippen LogP contribution is -2.41. The smallest absolute Gasteiger partial charge is 0.340 e. The molecule has 0 atom stereocenters. The first-order chi connectivity index (χ1) is 18.0. The summed E-state index contributed by atoms with van der Waals surface area (Å²) >= 11 is 0. The van der Waals surface area contributed by atoms with Gasteiger partial charge in [-0.2, -0.15) is 0 Å². The Kier molecular flexibility index (Phi) is 8.45. The Morgan fingerprint density at radius 3 is 2.32 bits per heavy atom. The average molecular weight is 507 g/mol. The van der Waals surface area contributed by atoms with Crippen molar-refractivity contribution in [2.75, 3.05) is 39.2 Å². The minimum Gasteiger partial charge on any atom is -0.493 e. The standard InChI is InChI=1S/C28H30N2O7/c1-34-24-16-21(22(17-25(24)35-2)29-27(32)23-9-6-14-36-23)28(33)37-18-26(31)30-12-10-20(11-13-30)15-19-7-4-3-5-8-19/h3-9,14,16-17,20H,10-13,15,18H2,1-2H3,(H,29,32). The molecule has 0 bridgehead atoms. The van der Waals surface area contributed by atoms with Crippen LogP contribution < -0.4 is 14.8 Å².